The van der Waals surface area contributed by atoms with Crippen molar-refractivity contribution in [2.75, 3.05) is 25.1 Å². The van der Waals surface area contributed by atoms with Crippen molar-refractivity contribution in [2.45, 2.75) is 19.3 Å². The van der Waals surface area contributed by atoms with Crippen LogP contribution in [0.25, 0.3) is 0 Å². The molecule has 1 nitrogen and oxygen atoms in total. The molecule has 0 spiro atoms. The van der Waals surface area contributed by atoms with E-state index in [1.807, 2.05) is 0 Å². The second-order valence-electron chi connectivity index (χ2n) is 8.69. The standard InChI is InChI=1S/C31H35OP2/c32-24-14-5-15-26-34(30-20-10-3-11-21-30,31-22-12-4-13-23-31)27-25-33(28-16-6-1-7-17-28)29-18-8-2-9-19-29/h1-4,6-13,16-23,32H,5,14-15,24-27H2/q+1. The van der Waals surface area contributed by atoms with Crippen LogP contribution in [0.1, 0.15) is 19.3 Å². The lowest BCUT2D eigenvalue weighted by Crippen LogP contribution is -2.30. The fourth-order valence-corrected chi connectivity index (χ4v) is 12.6. The Balaban J connectivity index is 1.73. The average molecular weight is 486 g/mol. The van der Waals surface area contributed by atoms with Gasteiger partial charge in [0.1, 0.15) is 0 Å². The molecule has 0 bridgehead atoms. The molecule has 4 rings (SSSR count). The Morgan fingerprint density at radius 2 is 0.941 bits per heavy atom. The normalized spacial score (nSPS) is 11.6. The van der Waals surface area contributed by atoms with E-state index < -0.39 is 15.2 Å². The highest BCUT2D eigenvalue weighted by Gasteiger charge is 2.42. The summed E-state index contributed by atoms with van der Waals surface area (Å²) in [5, 5.41) is 15.3. The van der Waals surface area contributed by atoms with E-state index in [-0.39, 0.29) is 6.61 Å². The molecule has 0 amide bonds. The smallest absolute Gasteiger partial charge is 0.0991 e. The van der Waals surface area contributed by atoms with Crippen molar-refractivity contribution in [3.8, 4) is 0 Å². The van der Waals surface area contributed by atoms with Crippen LogP contribution in [-0.4, -0.2) is 30.2 Å². The molecule has 0 fully saturated rings. The van der Waals surface area contributed by atoms with Crippen LogP contribution >= 0.6 is 15.2 Å². The van der Waals surface area contributed by atoms with Crippen LogP contribution in [0.15, 0.2) is 121 Å². The molecule has 0 aromatic heterocycles. The summed E-state index contributed by atoms with van der Waals surface area (Å²) in [6.45, 7) is 0.287. The minimum atomic E-state index is -1.60. The van der Waals surface area contributed by atoms with Gasteiger partial charge in [-0.15, -0.1) is 0 Å². The number of unbranched alkanes of at least 4 members (excludes halogenated alkanes) is 2. The maximum Gasteiger partial charge on any atom is 0.0991 e. The number of aliphatic hydroxyl groups is 1. The Kier molecular flexibility index (Phi) is 9.46. The van der Waals surface area contributed by atoms with Gasteiger partial charge in [0, 0.05) is 12.8 Å². The summed E-state index contributed by atoms with van der Waals surface area (Å²) in [5.74, 6) is 0. The molecule has 4 aromatic carbocycles. The van der Waals surface area contributed by atoms with E-state index in [4.69, 9.17) is 0 Å². The monoisotopic (exact) mass is 485 g/mol. The second kappa shape index (κ2) is 13.0. The molecule has 1 N–H and O–H groups in total. The van der Waals surface area contributed by atoms with E-state index in [9.17, 15) is 5.11 Å². The van der Waals surface area contributed by atoms with Crippen LogP contribution in [0.5, 0.6) is 0 Å². The number of hydrogen-bond donors (Lipinski definition) is 1. The number of hydrogen-bond acceptors (Lipinski definition) is 1. The first kappa shape index (κ1) is 24.8. The first-order valence-corrected chi connectivity index (χ1v) is 16.0. The van der Waals surface area contributed by atoms with Crippen molar-refractivity contribution in [3.63, 3.8) is 0 Å². The molecule has 0 aliphatic rings. The zero-order chi connectivity index (χ0) is 23.5. The maximum atomic E-state index is 9.37. The van der Waals surface area contributed by atoms with Gasteiger partial charge in [-0.05, 0) is 62.1 Å². The van der Waals surface area contributed by atoms with Crippen molar-refractivity contribution < 1.29 is 5.11 Å². The minimum absolute atomic E-state index is 0.287. The van der Waals surface area contributed by atoms with Gasteiger partial charge >= 0.3 is 0 Å². The minimum Gasteiger partial charge on any atom is -0.396 e. The zero-order valence-electron chi connectivity index (χ0n) is 19.8. The van der Waals surface area contributed by atoms with Crippen LogP contribution in [0.3, 0.4) is 0 Å². The SMILES string of the molecule is OCCCCC[P+](CCP(c1ccccc1)c1ccccc1)(c1ccccc1)c1ccccc1. The lowest BCUT2D eigenvalue weighted by molar-refractivity contribution is 0.284. The van der Waals surface area contributed by atoms with Crippen LogP contribution < -0.4 is 21.2 Å². The first-order chi connectivity index (χ1) is 16.8. The van der Waals surface area contributed by atoms with Crippen molar-refractivity contribution >= 4 is 36.4 Å². The third-order valence-electron chi connectivity index (χ3n) is 6.54. The third kappa shape index (κ3) is 6.22. The number of aliphatic hydroxyl groups excluding tert-OH is 1. The molecular weight excluding hydrogens is 450 g/mol. The molecule has 0 aliphatic heterocycles. The molecule has 3 heteroatoms. The van der Waals surface area contributed by atoms with Crippen molar-refractivity contribution in [1.29, 1.82) is 0 Å². The summed E-state index contributed by atoms with van der Waals surface area (Å²) in [5.41, 5.74) is 0. The van der Waals surface area contributed by atoms with Crippen LogP contribution in [0, 0.1) is 0 Å². The Bertz CT molecular complexity index is 1010. The van der Waals surface area contributed by atoms with Gasteiger partial charge in [-0.2, -0.15) is 0 Å². The number of benzene rings is 4. The van der Waals surface area contributed by atoms with Crippen molar-refractivity contribution in [3.05, 3.63) is 121 Å². The molecule has 0 heterocycles. The van der Waals surface area contributed by atoms with Gasteiger partial charge < -0.3 is 5.11 Å². The molecule has 0 atom stereocenters. The van der Waals surface area contributed by atoms with E-state index in [1.165, 1.54) is 39.7 Å². The largest absolute Gasteiger partial charge is 0.396 e. The summed E-state index contributed by atoms with van der Waals surface area (Å²) >= 11 is 0. The van der Waals surface area contributed by atoms with Gasteiger partial charge in [-0.3, -0.25) is 0 Å². The van der Waals surface area contributed by atoms with Gasteiger partial charge in [-0.25, -0.2) is 0 Å². The highest BCUT2D eigenvalue weighted by molar-refractivity contribution is 7.90. The van der Waals surface area contributed by atoms with E-state index in [2.05, 4.69) is 121 Å². The van der Waals surface area contributed by atoms with Crippen molar-refractivity contribution in [2.24, 2.45) is 0 Å². The Labute approximate surface area is 207 Å². The molecule has 0 saturated carbocycles. The Morgan fingerprint density at radius 1 is 0.500 bits per heavy atom. The molecule has 34 heavy (non-hydrogen) atoms. The lowest BCUT2D eigenvalue weighted by atomic mass is 10.3. The van der Waals surface area contributed by atoms with Gasteiger partial charge in [0.25, 0.3) is 0 Å². The molecule has 4 aromatic rings. The predicted octanol–water partition coefficient (Wildman–Crippen LogP) is 5.95. The highest BCUT2D eigenvalue weighted by Crippen LogP contribution is 2.58. The molecular formula is C31H35OP2+. The summed E-state index contributed by atoms with van der Waals surface area (Å²) in [7, 11) is -2.03. The van der Waals surface area contributed by atoms with Gasteiger partial charge in [0.2, 0.25) is 0 Å². The molecule has 0 unspecified atom stereocenters. The van der Waals surface area contributed by atoms with E-state index in [0.717, 1.165) is 19.3 Å². The zero-order valence-corrected chi connectivity index (χ0v) is 21.6. The highest BCUT2D eigenvalue weighted by atomic mass is 31.2. The fraction of sp³-hybridized carbons (Fsp3) is 0.226. The Morgan fingerprint density at radius 3 is 1.38 bits per heavy atom. The summed E-state index contributed by atoms with van der Waals surface area (Å²) < 4.78 is 0. The summed E-state index contributed by atoms with van der Waals surface area (Å²) in [6.07, 6.45) is 6.73. The third-order valence-corrected chi connectivity index (χ3v) is 14.0. The topological polar surface area (TPSA) is 20.2 Å². The molecule has 0 saturated heterocycles. The van der Waals surface area contributed by atoms with Crippen LogP contribution in [-0.2, 0) is 0 Å². The lowest BCUT2D eigenvalue weighted by Gasteiger charge is -2.30. The summed E-state index contributed by atoms with van der Waals surface area (Å²) in [6, 6.07) is 44.7. The number of rotatable bonds is 12. The molecule has 174 valence electrons. The van der Waals surface area contributed by atoms with E-state index >= 15 is 0 Å². The summed E-state index contributed by atoms with van der Waals surface area (Å²) in [4.78, 5) is 0. The van der Waals surface area contributed by atoms with Gasteiger partial charge in [-0.1, -0.05) is 97.1 Å². The van der Waals surface area contributed by atoms with Crippen molar-refractivity contribution in [1.82, 2.24) is 0 Å². The van der Waals surface area contributed by atoms with E-state index in [0.29, 0.717) is 0 Å². The van der Waals surface area contributed by atoms with Gasteiger partial charge in [0.15, 0.2) is 0 Å². The molecule has 0 aliphatic carbocycles. The second-order valence-corrected chi connectivity index (χ2v) is 14.9. The Hall–Kier alpha value is -2.30. The molecule has 0 radical (unpaired) electrons. The first-order valence-electron chi connectivity index (χ1n) is 12.3. The van der Waals surface area contributed by atoms with Gasteiger partial charge in [0.05, 0.1) is 30.2 Å². The van der Waals surface area contributed by atoms with E-state index in [1.54, 1.807) is 0 Å². The van der Waals surface area contributed by atoms with Crippen LogP contribution in [0.4, 0.5) is 0 Å². The maximum absolute atomic E-state index is 9.37. The quantitative estimate of drug-likeness (QED) is 0.194. The van der Waals surface area contributed by atoms with Crippen LogP contribution in [0.2, 0.25) is 0 Å². The fourth-order valence-electron chi connectivity index (χ4n) is 4.77. The predicted molar refractivity (Wildman–Crippen MR) is 154 cm³/mol. The average Bonchev–Trinajstić information content (AvgIpc) is 2.92.